The minimum atomic E-state index is -0.421. The molecule has 0 radical (unpaired) electrons. The average molecular weight is 527 g/mol. The Morgan fingerprint density at radius 3 is 2.57 bits per heavy atom. The molecule has 4 rings (SSSR count). The first-order valence-electron chi connectivity index (χ1n) is 10.7. The summed E-state index contributed by atoms with van der Waals surface area (Å²) in [6.07, 6.45) is 1.71. The van der Waals surface area contributed by atoms with Gasteiger partial charge < -0.3 is 14.8 Å². The summed E-state index contributed by atoms with van der Waals surface area (Å²) in [7, 11) is 0. The lowest BCUT2D eigenvalue weighted by Crippen LogP contribution is -2.20. The van der Waals surface area contributed by atoms with E-state index < -0.39 is 5.91 Å². The molecule has 0 bridgehead atoms. The number of rotatable bonds is 7. The Hall–Kier alpha value is -3.26. The lowest BCUT2D eigenvalue weighted by Gasteiger charge is -2.13. The summed E-state index contributed by atoms with van der Waals surface area (Å²) in [4.78, 5) is 29.2. The molecular formula is C26H20Cl2N2O4S. The topological polar surface area (TPSA) is 77.0 Å². The first-order chi connectivity index (χ1) is 16.9. The Kier molecular flexibility index (Phi) is 8.13. The Bertz CT molecular complexity index is 1330. The van der Waals surface area contributed by atoms with Gasteiger partial charge in [-0.2, -0.15) is 4.99 Å². The molecule has 1 aliphatic heterocycles. The molecule has 0 aliphatic carbocycles. The van der Waals surface area contributed by atoms with Crippen molar-refractivity contribution in [2.45, 2.75) is 13.5 Å². The average Bonchev–Trinajstić information content (AvgIpc) is 3.18. The molecule has 1 N–H and O–H groups in total. The van der Waals surface area contributed by atoms with Gasteiger partial charge in [-0.3, -0.25) is 9.59 Å². The van der Waals surface area contributed by atoms with Gasteiger partial charge in [0.2, 0.25) is 0 Å². The number of halogens is 2. The molecule has 3 aromatic carbocycles. The minimum Gasteiger partial charge on any atom is -0.490 e. The molecule has 2 amide bonds. The molecule has 1 aliphatic rings. The second-order valence-corrected chi connectivity index (χ2v) is 9.19. The highest BCUT2D eigenvalue weighted by Crippen LogP contribution is 2.33. The third-order valence-corrected chi connectivity index (χ3v) is 6.34. The zero-order chi connectivity index (χ0) is 24.8. The van der Waals surface area contributed by atoms with E-state index in [0.29, 0.717) is 38.6 Å². The molecule has 0 aromatic heterocycles. The second-order valence-electron chi connectivity index (χ2n) is 7.32. The van der Waals surface area contributed by atoms with Gasteiger partial charge in [0.1, 0.15) is 6.61 Å². The predicted octanol–water partition coefficient (Wildman–Crippen LogP) is 6.37. The van der Waals surface area contributed by atoms with Gasteiger partial charge in [-0.25, -0.2) is 0 Å². The van der Waals surface area contributed by atoms with E-state index in [9.17, 15) is 9.59 Å². The van der Waals surface area contributed by atoms with E-state index in [-0.39, 0.29) is 17.7 Å². The molecule has 1 fully saturated rings. The smallest absolute Gasteiger partial charge is 0.279 e. The SMILES string of the molecule is CCOc1cc(/C=C2\SC(=NC(=O)c3ccccc3)NC2=O)ccc1OCc1ccc(Cl)cc1Cl. The van der Waals surface area contributed by atoms with Crippen LogP contribution in [-0.4, -0.2) is 23.6 Å². The van der Waals surface area contributed by atoms with Crippen LogP contribution in [0.5, 0.6) is 11.5 Å². The van der Waals surface area contributed by atoms with Crippen molar-refractivity contribution in [3.8, 4) is 11.5 Å². The van der Waals surface area contributed by atoms with Crippen LogP contribution >= 0.6 is 35.0 Å². The number of thioether (sulfide) groups is 1. The van der Waals surface area contributed by atoms with Crippen molar-refractivity contribution in [1.29, 1.82) is 0 Å². The summed E-state index contributed by atoms with van der Waals surface area (Å²) >= 11 is 13.3. The van der Waals surface area contributed by atoms with Gasteiger partial charge in [-0.1, -0.05) is 53.5 Å². The second kappa shape index (κ2) is 11.4. The number of hydrogen-bond acceptors (Lipinski definition) is 5. The summed E-state index contributed by atoms with van der Waals surface area (Å²) < 4.78 is 11.7. The molecular weight excluding hydrogens is 507 g/mol. The summed E-state index contributed by atoms with van der Waals surface area (Å²) in [5, 5.41) is 3.94. The Morgan fingerprint density at radius 2 is 1.83 bits per heavy atom. The minimum absolute atomic E-state index is 0.236. The van der Waals surface area contributed by atoms with Gasteiger partial charge in [0.15, 0.2) is 16.7 Å². The lowest BCUT2D eigenvalue weighted by atomic mass is 10.2. The number of nitrogens with zero attached hydrogens (tertiary/aromatic N) is 1. The normalized spacial score (nSPS) is 15.3. The summed E-state index contributed by atoms with van der Waals surface area (Å²) in [6.45, 7) is 2.55. The zero-order valence-electron chi connectivity index (χ0n) is 18.6. The molecule has 0 unspecified atom stereocenters. The molecule has 35 heavy (non-hydrogen) atoms. The van der Waals surface area contributed by atoms with Gasteiger partial charge in [0.05, 0.1) is 11.5 Å². The number of carbonyl (C=O) groups is 2. The van der Waals surface area contributed by atoms with E-state index in [2.05, 4.69) is 10.3 Å². The molecule has 0 saturated carbocycles. The van der Waals surface area contributed by atoms with Crippen molar-refractivity contribution in [1.82, 2.24) is 5.32 Å². The number of amidine groups is 1. The van der Waals surface area contributed by atoms with Crippen LogP contribution in [0, 0.1) is 0 Å². The van der Waals surface area contributed by atoms with E-state index in [1.54, 1.807) is 60.7 Å². The third-order valence-electron chi connectivity index (χ3n) is 4.84. The first kappa shape index (κ1) is 24.9. The molecule has 1 saturated heterocycles. The summed E-state index contributed by atoms with van der Waals surface area (Å²) in [5.41, 5.74) is 1.98. The highest BCUT2D eigenvalue weighted by atomic mass is 35.5. The standard InChI is InChI=1S/C26H20Cl2N2O4S/c1-2-33-22-12-16(8-11-21(22)34-15-18-9-10-19(27)14-20(18)28)13-23-25(32)30-26(35-23)29-24(31)17-6-4-3-5-7-17/h3-14H,2,15H2,1H3,(H,29,30,31,32)/b23-13-. The van der Waals surface area contributed by atoms with Crippen LogP contribution < -0.4 is 14.8 Å². The van der Waals surface area contributed by atoms with Crippen LogP contribution in [0.4, 0.5) is 0 Å². The molecule has 0 spiro atoms. The fraction of sp³-hybridized carbons (Fsp3) is 0.115. The molecule has 1 heterocycles. The highest BCUT2D eigenvalue weighted by molar-refractivity contribution is 8.18. The van der Waals surface area contributed by atoms with E-state index in [1.165, 1.54) is 0 Å². The first-order valence-corrected chi connectivity index (χ1v) is 12.2. The van der Waals surface area contributed by atoms with Crippen molar-refractivity contribution in [3.05, 3.63) is 98.4 Å². The molecule has 0 atom stereocenters. The van der Waals surface area contributed by atoms with Crippen molar-refractivity contribution < 1.29 is 19.1 Å². The van der Waals surface area contributed by atoms with Gasteiger partial charge in [-0.15, -0.1) is 0 Å². The van der Waals surface area contributed by atoms with Crippen LogP contribution in [0.2, 0.25) is 10.0 Å². The molecule has 6 nitrogen and oxygen atoms in total. The number of carbonyl (C=O) groups excluding carboxylic acids is 2. The Labute approximate surface area is 216 Å². The molecule has 178 valence electrons. The summed E-state index contributed by atoms with van der Waals surface area (Å²) in [5.74, 6) is 0.323. The van der Waals surface area contributed by atoms with Crippen LogP contribution in [0.3, 0.4) is 0 Å². The predicted molar refractivity (Wildman–Crippen MR) is 140 cm³/mol. The Balaban J connectivity index is 1.50. The van der Waals surface area contributed by atoms with Crippen molar-refractivity contribution in [2.75, 3.05) is 6.61 Å². The molecule has 9 heteroatoms. The number of amides is 2. The Morgan fingerprint density at radius 1 is 1.03 bits per heavy atom. The number of aliphatic imine (C=N–C) groups is 1. The van der Waals surface area contributed by atoms with E-state index >= 15 is 0 Å². The van der Waals surface area contributed by atoms with Gasteiger partial charge in [0.25, 0.3) is 11.8 Å². The maximum atomic E-state index is 12.4. The number of benzene rings is 3. The number of ether oxygens (including phenoxy) is 2. The van der Waals surface area contributed by atoms with Crippen molar-refractivity contribution in [3.63, 3.8) is 0 Å². The van der Waals surface area contributed by atoms with E-state index in [4.69, 9.17) is 32.7 Å². The van der Waals surface area contributed by atoms with Gasteiger partial charge in [-0.05, 0) is 66.7 Å². The lowest BCUT2D eigenvalue weighted by molar-refractivity contribution is -0.115. The van der Waals surface area contributed by atoms with E-state index in [0.717, 1.165) is 22.9 Å². The fourth-order valence-corrected chi connectivity index (χ4v) is 4.45. The largest absolute Gasteiger partial charge is 0.490 e. The maximum Gasteiger partial charge on any atom is 0.279 e. The third kappa shape index (κ3) is 6.45. The molecule has 3 aromatic rings. The van der Waals surface area contributed by atoms with Crippen LogP contribution in [-0.2, 0) is 11.4 Å². The maximum absolute atomic E-state index is 12.4. The zero-order valence-corrected chi connectivity index (χ0v) is 20.9. The van der Waals surface area contributed by atoms with E-state index in [1.807, 2.05) is 19.1 Å². The van der Waals surface area contributed by atoms with Gasteiger partial charge >= 0.3 is 0 Å². The van der Waals surface area contributed by atoms with Crippen LogP contribution in [0.1, 0.15) is 28.4 Å². The summed E-state index contributed by atoms with van der Waals surface area (Å²) in [6, 6.07) is 19.3. The van der Waals surface area contributed by atoms with Gasteiger partial charge in [0, 0.05) is 21.2 Å². The fourth-order valence-electron chi connectivity index (χ4n) is 3.17. The number of hydrogen-bond donors (Lipinski definition) is 1. The quantitative estimate of drug-likeness (QED) is 0.362. The number of nitrogens with one attached hydrogen (secondary N) is 1. The van der Waals surface area contributed by atoms with Crippen LogP contribution in [0.25, 0.3) is 6.08 Å². The van der Waals surface area contributed by atoms with Crippen molar-refractivity contribution in [2.24, 2.45) is 4.99 Å². The monoisotopic (exact) mass is 526 g/mol. The van der Waals surface area contributed by atoms with Crippen molar-refractivity contribution >= 4 is 58.0 Å². The van der Waals surface area contributed by atoms with Crippen LogP contribution in [0.15, 0.2) is 76.6 Å². The highest BCUT2D eigenvalue weighted by Gasteiger charge is 2.25.